The van der Waals surface area contributed by atoms with Crippen molar-refractivity contribution in [3.05, 3.63) is 40.3 Å². The molecule has 0 saturated carbocycles. The Labute approximate surface area is 159 Å². The van der Waals surface area contributed by atoms with Crippen molar-refractivity contribution in [2.45, 2.75) is 19.1 Å². The fourth-order valence-corrected chi connectivity index (χ4v) is 3.15. The van der Waals surface area contributed by atoms with Crippen LogP contribution in [0.5, 0.6) is 0 Å². The molecule has 0 radical (unpaired) electrons. The molecular weight excluding hydrogens is 377 g/mol. The number of carbonyl (C=O) groups excluding carboxylic acids is 1. The molecule has 3 rings (SSSR count). The molecule has 1 aliphatic rings. The molecule has 0 spiro atoms. The number of benzene rings is 1. The van der Waals surface area contributed by atoms with Gasteiger partial charge in [0.1, 0.15) is 6.04 Å². The van der Waals surface area contributed by atoms with Crippen molar-refractivity contribution in [3.8, 4) is 0 Å². The van der Waals surface area contributed by atoms with Crippen LogP contribution in [0.4, 0.5) is 13.2 Å². The van der Waals surface area contributed by atoms with Gasteiger partial charge in [-0.1, -0.05) is 12.1 Å². The molecule has 1 unspecified atom stereocenters. The predicted molar refractivity (Wildman–Crippen MR) is 96.0 cm³/mol. The fourth-order valence-electron chi connectivity index (χ4n) is 3.15. The van der Waals surface area contributed by atoms with E-state index in [1.807, 2.05) is 0 Å². The topological polar surface area (TPSA) is 76.5 Å². The van der Waals surface area contributed by atoms with Crippen LogP contribution in [0.15, 0.2) is 29.1 Å². The van der Waals surface area contributed by atoms with E-state index in [1.165, 1.54) is 25.1 Å². The van der Waals surface area contributed by atoms with Crippen molar-refractivity contribution < 1.29 is 22.7 Å². The Hall–Kier alpha value is -2.46. The SMILES string of the molecule is CC(C(=O)NCCN1CCOCC1)n1c(=O)c(C(F)(F)F)nc2ccccc21. The summed E-state index contributed by atoms with van der Waals surface area (Å²) in [6.07, 6.45) is -4.91. The highest BCUT2D eigenvalue weighted by molar-refractivity contribution is 5.83. The first kappa shape index (κ1) is 20.3. The van der Waals surface area contributed by atoms with Gasteiger partial charge in [-0.25, -0.2) is 4.98 Å². The van der Waals surface area contributed by atoms with Gasteiger partial charge in [-0.15, -0.1) is 0 Å². The highest BCUT2D eigenvalue weighted by Crippen LogP contribution is 2.27. The van der Waals surface area contributed by atoms with E-state index in [0.29, 0.717) is 26.3 Å². The van der Waals surface area contributed by atoms with Crippen molar-refractivity contribution in [1.29, 1.82) is 0 Å². The second-order valence-corrected chi connectivity index (χ2v) is 6.54. The summed E-state index contributed by atoms with van der Waals surface area (Å²) >= 11 is 0. The first-order chi connectivity index (χ1) is 13.3. The molecule has 1 N–H and O–H groups in total. The second-order valence-electron chi connectivity index (χ2n) is 6.54. The molecule has 10 heteroatoms. The summed E-state index contributed by atoms with van der Waals surface area (Å²) in [5, 5.41) is 2.70. The Morgan fingerprint density at radius 3 is 2.64 bits per heavy atom. The maximum atomic E-state index is 13.2. The van der Waals surface area contributed by atoms with E-state index < -0.39 is 29.4 Å². The molecule has 1 aromatic heterocycles. The lowest BCUT2D eigenvalue weighted by atomic mass is 10.2. The van der Waals surface area contributed by atoms with Crippen molar-refractivity contribution in [3.63, 3.8) is 0 Å². The number of ether oxygens (including phenoxy) is 1. The van der Waals surface area contributed by atoms with E-state index in [2.05, 4.69) is 15.2 Å². The van der Waals surface area contributed by atoms with Crippen LogP contribution in [0.3, 0.4) is 0 Å². The van der Waals surface area contributed by atoms with E-state index >= 15 is 0 Å². The second kappa shape index (κ2) is 8.27. The van der Waals surface area contributed by atoms with Crippen molar-refractivity contribution in [2.24, 2.45) is 0 Å². The van der Waals surface area contributed by atoms with Crippen LogP contribution in [0, 0.1) is 0 Å². The molecule has 1 fully saturated rings. The van der Waals surface area contributed by atoms with E-state index in [9.17, 15) is 22.8 Å². The van der Waals surface area contributed by atoms with Gasteiger partial charge in [0.05, 0.1) is 24.2 Å². The zero-order valence-corrected chi connectivity index (χ0v) is 15.3. The summed E-state index contributed by atoms with van der Waals surface area (Å²) in [5.41, 5.74) is -2.68. The minimum Gasteiger partial charge on any atom is -0.379 e. The molecule has 1 amide bonds. The average molecular weight is 398 g/mol. The molecule has 1 saturated heterocycles. The normalized spacial score (nSPS) is 16.9. The minimum atomic E-state index is -4.91. The molecule has 1 aromatic carbocycles. The van der Waals surface area contributed by atoms with Gasteiger partial charge < -0.3 is 10.1 Å². The summed E-state index contributed by atoms with van der Waals surface area (Å²) in [5.74, 6) is -0.528. The summed E-state index contributed by atoms with van der Waals surface area (Å²) in [7, 11) is 0. The molecule has 0 bridgehead atoms. The van der Waals surface area contributed by atoms with Crippen LogP contribution in [-0.4, -0.2) is 59.8 Å². The summed E-state index contributed by atoms with van der Waals surface area (Å²) in [6, 6.07) is 4.84. The zero-order chi connectivity index (χ0) is 20.3. The van der Waals surface area contributed by atoms with Gasteiger partial charge >= 0.3 is 6.18 Å². The number of amides is 1. The Balaban J connectivity index is 1.83. The van der Waals surface area contributed by atoms with Crippen LogP contribution in [0.1, 0.15) is 18.7 Å². The van der Waals surface area contributed by atoms with Gasteiger partial charge in [0, 0.05) is 26.2 Å². The number of alkyl halides is 3. The Morgan fingerprint density at radius 1 is 1.29 bits per heavy atom. The summed E-state index contributed by atoms with van der Waals surface area (Å²) in [4.78, 5) is 30.6. The molecule has 1 atom stereocenters. The number of hydrogen-bond acceptors (Lipinski definition) is 5. The Morgan fingerprint density at radius 2 is 1.96 bits per heavy atom. The van der Waals surface area contributed by atoms with Crippen LogP contribution in [0.2, 0.25) is 0 Å². The third-order valence-corrected chi connectivity index (χ3v) is 4.66. The first-order valence-electron chi connectivity index (χ1n) is 8.95. The summed E-state index contributed by atoms with van der Waals surface area (Å²) < 4.78 is 45.8. The predicted octanol–water partition coefficient (Wildman–Crippen LogP) is 1.42. The van der Waals surface area contributed by atoms with E-state index in [0.717, 1.165) is 17.7 Å². The van der Waals surface area contributed by atoms with E-state index in [4.69, 9.17) is 4.74 Å². The third kappa shape index (κ3) is 4.33. The molecule has 28 heavy (non-hydrogen) atoms. The van der Waals surface area contributed by atoms with Crippen LogP contribution in [-0.2, 0) is 15.7 Å². The standard InChI is InChI=1S/C18H21F3N4O3/c1-12(16(26)22-6-7-24-8-10-28-11-9-24)25-14-5-3-2-4-13(14)23-15(17(25)27)18(19,20)21/h2-5,12H,6-11H2,1H3,(H,22,26). The van der Waals surface area contributed by atoms with Crippen molar-refractivity contribution in [1.82, 2.24) is 19.8 Å². The maximum absolute atomic E-state index is 13.2. The molecule has 2 aromatic rings. The van der Waals surface area contributed by atoms with Crippen LogP contribution >= 0.6 is 0 Å². The monoisotopic (exact) mass is 398 g/mol. The van der Waals surface area contributed by atoms with Crippen LogP contribution in [0.25, 0.3) is 11.0 Å². The lowest BCUT2D eigenvalue weighted by molar-refractivity contribution is -0.142. The van der Waals surface area contributed by atoms with Gasteiger partial charge in [-0.2, -0.15) is 13.2 Å². The minimum absolute atomic E-state index is 0.00221. The number of para-hydroxylation sites is 2. The number of aromatic nitrogens is 2. The van der Waals surface area contributed by atoms with Crippen molar-refractivity contribution >= 4 is 16.9 Å². The lowest BCUT2D eigenvalue weighted by Crippen LogP contribution is -2.43. The number of carbonyl (C=O) groups is 1. The number of hydrogen-bond donors (Lipinski definition) is 1. The number of nitrogens with one attached hydrogen (secondary N) is 1. The van der Waals surface area contributed by atoms with Gasteiger partial charge in [-0.3, -0.25) is 19.1 Å². The first-order valence-corrected chi connectivity index (χ1v) is 8.95. The molecule has 7 nitrogen and oxygen atoms in total. The van der Waals surface area contributed by atoms with E-state index in [-0.39, 0.29) is 11.0 Å². The number of morpholine rings is 1. The number of nitrogens with zero attached hydrogens (tertiary/aromatic N) is 3. The molecular formula is C18H21F3N4O3. The fraction of sp³-hybridized carbons (Fsp3) is 0.500. The lowest BCUT2D eigenvalue weighted by Gasteiger charge is -2.27. The maximum Gasteiger partial charge on any atom is 0.438 e. The number of fused-ring (bicyclic) bond motifs is 1. The van der Waals surface area contributed by atoms with Gasteiger partial charge in [0.25, 0.3) is 5.56 Å². The van der Waals surface area contributed by atoms with Gasteiger partial charge in [-0.05, 0) is 19.1 Å². The smallest absolute Gasteiger partial charge is 0.379 e. The number of halogens is 3. The molecule has 152 valence electrons. The molecule has 0 aliphatic carbocycles. The average Bonchev–Trinajstić information content (AvgIpc) is 2.67. The highest BCUT2D eigenvalue weighted by Gasteiger charge is 2.38. The summed E-state index contributed by atoms with van der Waals surface area (Å²) in [6.45, 7) is 5.10. The zero-order valence-electron chi connectivity index (χ0n) is 15.3. The van der Waals surface area contributed by atoms with Gasteiger partial charge in [0.2, 0.25) is 11.6 Å². The van der Waals surface area contributed by atoms with Crippen LogP contribution < -0.4 is 10.9 Å². The third-order valence-electron chi connectivity index (χ3n) is 4.66. The highest BCUT2D eigenvalue weighted by atomic mass is 19.4. The number of rotatable bonds is 5. The largest absolute Gasteiger partial charge is 0.438 e. The molecule has 1 aliphatic heterocycles. The molecule has 2 heterocycles. The van der Waals surface area contributed by atoms with Gasteiger partial charge in [0.15, 0.2) is 0 Å². The van der Waals surface area contributed by atoms with E-state index in [1.54, 1.807) is 6.07 Å². The Kier molecular flexibility index (Phi) is 5.99. The quantitative estimate of drug-likeness (QED) is 0.825. The Bertz CT molecular complexity index is 907. The van der Waals surface area contributed by atoms with Crippen molar-refractivity contribution in [2.75, 3.05) is 39.4 Å².